The van der Waals surface area contributed by atoms with Crippen LogP contribution in [0, 0.1) is 0 Å². The van der Waals surface area contributed by atoms with Gasteiger partial charge in [-0.2, -0.15) is 10.2 Å². The van der Waals surface area contributed by atoms with Crippen LogP contribution in [0.5, 0.6) is 0 Å². The summed E-state index contributed by atoms with van der Waals surface area (Å²) in [6, 6.07) is 11.1. The molecule has 11 nitrogen and oxygen atoms in total. The minimum absolute atomic E-state index is 0. The van der Waals surface area contributed by atoms with Crippen molar-refractivity contribution in [2.24, 2.45) is 0 Å². The van der Waals surface area contributed by atoms with Crippen molar-refractivity contribution in [1.29, 1.82) is 0 Å². The molecule has 8 N–H and O–H groups in total. The Morgan fingerprint density at radius 1 is 0.175 bits per heavy atom. The Morgan fingerprint density at radius 3 is 0.397 bits per heavy atom. The van der Waals surface area contributed by atoms with E-state index in [0.29, 0.717) is 0 Å². The number of hydrogen-bond donors (Lipinski definition) is 0. The highest BCUT2D eigenvalue weighted by atomic mass is 16.0. The summed E-state index contributed by atoms with van der Waals surface area (Å²) in [7, 11) is 0. The molecule has 0 atom stereocenters. The van der Waals surface area contributed by atoms with Gasteiger partial charge in [0.25, 0.3) is 0 Å². The summed E-state index contributed by atoms with van der Waals surface area (Å²) in [5.41, 5.74) is 0. The molecule has 0 amide bonds. The highest BCUT2D eigenvalue weighted by Gasteiger charge is 1.61. The average molecular weight is 921 g/mol. The highest BCUT2D eigenvalue weighted by Crippen LogP contribution is 1.73. The molecule has 0 unspecified atom stereocenters. The topological polar surface area (TPSA) is 216 Å². The molecule has 11 heteroatoms. The summed E-state index contributed by atoms with van der Waals surface area (Å²) in [4.78, 5) is 18.6. The van der Waals surface area contributed by atoms with Crippen molar-refractivity contribution in [3.63, 3.8) is 0 Å². The molecule has 0 bridgehead atoms. The van der Waals surface area contributed by atoms with E-state index < -0.39 is 0 Å². The fourth-order valence-electron chi connectivity index (χ4n) is 1.07. The second kappa shape index (κ2) is 466. The zero-order chi connectivity index (χ0) is 49.0. The third-order valence-corrected chi connectivity index (χ3v) is 2.00. The van der Waals surface area contributed by atoms with Crippen LogP contribution in [0.15, 0.2) is 105 Å². The molecular formula is C52H133N7O4. The summed E-state index contributed by atoms with van der Waals surface area (Å²) >= 11 is 0. The molecule has 0 aliphatic carbocycles. The van der Waals surface area contributed by atoms with Crippen molar-refractivity contribution in [2.75, 3.05) is 0 Å². The summed E-state index contributed by atoms with van der Waals surface area (Å²) in [5, 5.41) is 7.07. The SMILES string of the molecule is C.C.C.CC.CC.CC.CC.CC.CC.CC.CC.CC.CC.CC.CC.CC.CC.CC.CC.O.O.O.O.c1ccncc1.c1ccnnc1.c1cnccn1.c1cncnc1. The van der Waals surface area contributed by atoms with Gasteiger partial charge in [0, 0.05) is 62.0 Å². The standard InChI is InChI=1S/C5H5N.3C4H4N2.16C2H6.3CH4.4H2O/c1-2-4-6-5-3-1;1-2-6-4-3-5-1;1-2-5-4-6-3-1;1-2-4-6-5-3-1;16*1-2;;;;;;;/h1-5H;3*1-4H;16*1-2H3;3*1H4;4*1H2. The lowest BCUT2D eigenvalue weighted by atomic mass is 10.5. The van der Waals surface area contributed by atoms with E-state index in [9.17, 15) is 0 Å². The fourth-order valence-corrected chi connectivity index (χ4v) is 1.07. The van der Waals surface area contributed by atoms with Gasteiger partial charge in [0.15, 0.2) is 0 Å². The van der Waals surface area contributed by atoms with Gasteiger partial charge >= 0.3 is 0 Å². The van der Waals surface area contributed by atoms with Crippen LogP contribution in [0.25, 0.3) is 0 Å². The molecule has 4 heterocycles. The third-order valence-electron chi connectivity index (χ3n) is 2.00. The minimum atomic E-state index is 0. The van der Waals surface area contributed by atoms with Crippen LogP contribution in [-0.4, -0.2) is 57.0 Å². The Labute approximate surface area is 404 Å². The molecule has 0 saturated heterocycles. The second-order valence-electron chi connectivity index (χ2n) is 3.74. The van der Waals surface area contributed by atoms with Crippen molar-refractivity contribution < 1.29 is 21.9 Å². The van der Waals surface area contributed by atoms with Gasteiger partial charge in [0.1, 0.15) is 6.33 Å². The predicted molar refractivity (Wildman–Crippen MR) is 307 cm³/mol. The van der Waals surface area contributed by atoms with Gasteiger partial charge in [-0.25, -0.2) is 9.97 Å². The minimum Gasteiger partial charge on any atom is -0.412 e. The largest absolute Gasteiger partial charge is 0.412 e. The Kier molecular flexibility index (Phi) is 1130. The van der Waals surface area contributed by atoms with E-state index >= 15 is 0 Å². The Hall–Kier alpha value is -3.77. The maximum Gasteiger partial charge on any atom is 0.115 e. The van der Waals surface area contributed by atoms with E-state index in [1.54, 1.807) is 68.0 Å². The monoisotopic (exact) mass is 920 g/mol. The third kappa shape index (κ3) is 450. The van der Waals surface area contributed by atoms with E-state index in [4.69, 9.17) is 0 Å². The molecule has 63 heavy (non-hydrogen) atoms. The van der Waals surface area contributed by atoms with Crippen molar-refractivity contribution in [2.45, 2.75) is 244 Å². The van der Waals surface area contributed by atoms with Crippen LogP contribution in [0.2, 0.25) is 0 Å². The first-order chi connectivity index (χ1) is 28.0. The summed E-state index contributed by atoms with van der Waals surface area (Å²) in [6.07, 6.45) is 18.2. The van der Waals surface area contributed by atoms with Gasteiger partial charge in [-0.1, -0.05) is 250 Å². The average Bonchev–Trinajstić information content (AvgIpc) is 3.41. The molecule has 0 radical (unpaired) electrons. The van der Waals surface area contributed by atoms with Gasteiger partial charge in [0.2, 0.25) is 0 Å². The molecule has 400 valence electrons. The fraction of sp³-hybridized carbons (Fsp3) is 0.673. The molecule has 0 spiro atoms. The Morgan fingerprint density at radius 2 is 0.333 bits per heavy atom. The number of aromatic nitrogens is 7. The van der Waals surface area contributed by atoms with Gasteiger partial charge in [-0.15, -0.1) is 0 Å². The van der Waals surface area contributed by atoms with Crippen LogP contribution in [-0.2, 0) is 0 Å². The lowest BCUT2D eigenvalue weighted by Gasteiger charge is -1.70. The van der Waals surface area contributed by atoms with E-state index in [1.807, 2.05) is 252 Å². The Balaban J connectivity index is -0.0000000130. The number of nitrogens with zero attached hydrogens (tertiary/aromatic N) is 7. The normalized spacial score (nSPS) is 4.57. The van der Waals surface area contributed by atoms with E-state index in [-0.39, 0.29) is 44.2 Å². The van der Waals surface area contributed by atoms with Crippen molar-refractivity contribution in [3.8, 4) is 0 Å². The van der Waals surface area contributed by atoms with Crippen LogP contribution in [0.3, 0.4) is 0 Å². The maximum atomic E-state index is 3.78. The first kappa shape index (κ1) is 153. The molecule has 0 aliphatic heterocycles. The van der Waals surface area contributed by atoms with Crippen LogP contribution < -0.4 is 0 Å². The summed E-state index contributed by atoms with van der Waals surface area (Å²) < 4.78 is 0. The molecule has 0 aliphatic rings. The zero-order valence-corrected chi connectivity index (χ0v) is 46.9. The highest BCUT2D eigenvalue weighted by molar-refractivity contribution is 4.88. The van der Waals surface area contributed by atoms with Crippen molar-refractivity contribution >= 4 is 0 Å². The van der Waals surface area contributed by atoms with Gasteiger partial charge in [-0.05, 0) is 30.3 Å². The number of rotatable bonds is 0. The molecule has 4 aromatic heterocycles. The number of pyridine rings is 1. The molecule has 4 rings (SSSR count). The molecule has 0 saturated carbocycles. The molecule has 0 fully saturated rings. The van der Waals surface area contributed by atoms with E-state index in [0.717, 1.165) is 0 Å². The second-order valence-corrected chi connectivity index (χ2v) is 3.74. The lowest BCUT2D eigenvalue weighted by molar-refractivity contribution is 0.823. The smallest absolute Gasteiger partial charge is 0.115 e. The van der Waals surface area contributed by atoms with Gasteiger partial charge < -0.3 is 21.9 Å². The predicted octanol–water partition coefficient (Wildman–Crippen LogP) is 17.5. The first-order valence-corrected chi connectivity index (χ1v) is 23.0. The molecular weight excluding hydrogens is 787 g/mol. The first-order valence-electron chi connectivity index (χ1n) is 23.0. The van der Waals surface area contributed by atoms with E-state index in [1.165, 1.54) is 6.33 Å². The van der Waals surface area contributed by atoms with Gasteiger partial charge in [-0.3, -0.25) is 15.0 Å². The van der Waals surface area contributed by atoms with Crippen LogP contribution >= 0.6 is 0 Å². The van der Waals surface area contributed by atoms with Crippen molar-refractivity contribution in [1.82, 2.24) is 35.1 Å². The Bertz CT molecular complexity index is 466. The maximum absolute atomic E-state index is 3.78. The van der Waals surface area contributed by atoms with Crippen LogP contribution in [0.1, 0.15) is 244 Å². The van der Waals surface area contributed by atoms with Gasteiger partial charge in [0.05, 0.1) is 0 Å². The summed E-state index contributed by atoms with van der Waals surface area (Å²) in [5.74, 6) is 0. The number of hydrogen-bond acceptors (Lipinski definition) is 7. The summed E-state index contributed by atoms with van der Waals surface area (Å²) in [6.45, 7) is 64.0. The van der Waals surface area contributed by atoms with Crippen molar-refractivity contribution in [3.05, 3.63) is 105 Å². The zero-order valence-electron chi connectivity index (χ0n) is 46.9. The lowest BCUT2D eigenvalue weighted by Crippen LogP contribution is -1.69. The quantitative estimate of drug-likeness (QED) is 0.166. The molecule has 4 aromatic rings. The molecule has 0 aromatic carbocycles. The van der Waals surface area contributed by atoms with Crippen LogP contribution in [0.4, 0.5) is 0 Å². The van der Waals surface area contributed by atoms with E-state index in [2.05, 4.69) is 35.1 Å².